The highest BCUT2D eigenvalue weighted by molar-refractivity contribution is 7.92. The van der Waals surface area contributed by atoms with Crippen molar-refractivity contribution in [2.75, 3.05) is 46.5 Å². The maximum atomic E-state index is 13.4. The molecule has 0 aromatic heterocycles. The molecule has 0 heterocycles. The van der Waals surface area contributed by atoms with E-state index in [4.69, 9.17) is 0 Å². The van der Waals surface area contributed by atoms with E-state index < -0.39 is 45.4 Å². The van der Waals surface area contributed by atoms with Crippen molar-refractivity contribution in [1.29, 1.82) is 0 Å². The summed E-state index contributed by atoms with van der Waals surface area (Å²) in [5, 5.41) is -4.28. The summed E-state index contributed by atoms with van der Waals surface area (Å²) in [5.41, 5.74) is 0. The van der Waals surface area contributed by atoms with Crippen molar-refractivity contribution in [3.63, 3.8) is 0 Å². The molecule has 0 amide bonds. The van der Waals surface area contributed by atoms with Gasteiger partial charge in [-0.1, -0.05) is 0 Å². The summed E-state index contributed by atoms with van der Waals surface area (Å²) in [4.78, 5) is 0. The Balaban J connectivity index is 5.05. The zero-order valence-electron chi connectivity index (χ0n) is 14.1. The summed E-state index contributed by atoms with van der Waals surface area (Å²) in [7, 11) is -0.824. The largest absolute Gasteiger partial charge is 0.460 e. The van der Waals surface area contributed by atoms with Crippen LogP contribution in [0, 0.1) is 0 Å². The van der Waals surface area contributed by atoms with Gasteiger partial charge in [0.25, 0.3) is 0 Å². The van der Waals surface area contributed by atoms with E-state index in [-0.39, 0.29) is 6.54 Å². The molecule has 0 aromatic rings. The highest BCUT2D eigenvalue weighted by atomic mass is 32.2. The van der Waals surface area contributed by atoms with Gasteiger partial charge in [0.05, 0.1) is 33.4 Å². The molecule has 4 nitrogen and oxygen atoms in total. The summed E-state index contributed by atoms with van der Waals surface area (Å²) in [6.45, 7) is -0.125. The lowest BCUT2D eigenvalue weighted by Crippen LogP contribution is -2.63. The number of nitrogens with one attached hydrogen (secondary N) is 1. The lowest BCUT2D eigenvalue weighted by molar-refractivity contribution is -0.870. The zero-order chi connectivity index (χ0) is 21.2. The van der Waals surface area contributed by atoms with E-state index in [2.05, 4.69) is 5.32 Å². The van der Waals surface area contributed by atoms with E-state index in [9.17, 15) is 47.9 Å². The SMILES string of the molecule is C[N+](C)(C)CCCNCCS(=O)(=O)C(F)(F)C(F)(F)C(F)(F)C(F)(F)F. The average molecular weight is 427 g/mol. The third-order valence-corrected chi connectivity index (χ3v) is 5.02. The van der Waals surface area contributed by atoms with Crippen LogP contribution in [0.1, 0.15) is 6.42 Å². The molecule has 0 rings (SSSR count). The molecule has 0 saturated heterocycles. The number of hydrogen-bond acceptors (Lipinski definition) is 3. The molecule has 0 unspecified atom stereocenters. The topological polar surface area (TPSA) is 46.2 Å². The molecule has 0 spiro atoms. The Bertz CT molecular complexity index is 568. The first-order valence-electron chi connectivity index (χ1n) is 7.14. The van der Waals surface area contributed by atoms with E-state index in [1.807, 2.05) is 21.1 Å². The van der Waals surface area contributed by atoms with Crippen LogP contribution >= 0.6 is 0 Å². The van der Waals surface area contributed by atoms with E-state index in [1.165, 1.54) is 0 Å². The van der Waals surface area contributed by atoms with Crippen molar-refractivity contribution in [1.82, 2.24) is 5.32 Å². The molecular weight excluding hydrogens is 407 g/mol. The predicted octanol–water partition coefficient (Wildman–Crippen LogP) is 2.51. The van der Waals surface area contributed by atoms with E-state index in [1.54, 1.807) is 0 Å². The summed E-state index contributed by atoms with van der Waals surface area (Å²) in [6, 6.07) is 0. The Hall–Kier alpha value is -0.760. The van der Waals surface area contributed by atoms with Gasteiger partial charge >= 0.3 is 23.3 Å². The van der Waals surface area contributed by atoms with Crippen LogP contribution in [0.25, 0.3) is 0 Å². The summed E-state index contributed by atoms with van der Waals surface area (Å²) in [5.74, 6) is -16.1. The minimum atomic E-state index is -7.23. The van der Waals surface area contributed by atoms with E-state index >= 15 is 0 Å². The minimum Gasteiger partial charge on any atom is -0.331 e. The van der Waals surface area contributed by atoms with Crippen molar-refractivity contribution in [2.24, 2.45) is 0 Å². The second-order valence-electron chi connectivity index (χ2n) is 6.60. The Labute approximate surface area is 144 Å². The van der Waals surface area contributed by atoms with Gasteiger partial charge in [0.15, 0.2) is 0 Å². The molecule has 0 radical (unpaired) electrons. The first-order chi connectivity index (χ1) is 11.2. The molecule has 26 heavy (non-hydrogen) atoms. The van der Waals surface area contributed by atoms with Crippen LogP contribution in [-0.4, -0.2) is 82.7 Å². The molecule has 0 aliphatic heterocycles. The number of halogens is 9. The van der Waals surface area contributed by atoms with Crippen molar-refractivity contribution < 1.29 is 52.4 Å². The van der Waals surface area contributed by atoms with Crippen molar-refractivity contribution in [3.8, 4) is 0 Å². The van der Waals surface area contributed by atoms with Gasteiger partial charge in [0, 0.05) is 19.5 Å². The molecule has 0 aliphatic rings. The van der Waals surface area contributed by atoms with Gasteiger partial charge in [-0.15, -0.1) is 0 Å². The minimum absolute atomic E-state index is 0.103. The van der Waals surface area contributed by atoms with Crippen molar-refractivity contribution in [3.05, 3.63) is 0 Å². The highest BCUT2D eigenvalue weighted by Crippen LogP contribution is 2.54. The van der Waals surface area contributed by atoms with Gasteiger partial charge in [0.1, 0.15) is 0 Å². The van der Waals surface area contributed by atoms with Crippen LogP contribution in [-0.2, 0) is 9.84 Å². The molecular formula is C12H20F9N2O2S+. The lowest BCUT2D eigenvalue weighted by Gasteiger charge is -2.33. The predicted molar refractivity (Wildman–Crippen MR) is 75.1 cm³/mol. The number of sulfone groups is 1. The Morgan fingerprint density at radius 3 is 1.65 bits per heavy atom. The number of nitrogens with zero attached hydrogens (tertiary/aromatic N) is 1. The highest BCUT2D eigenvalue weighted by Gasteiger charge is 2.84. The molecule has 0 aromatic carbocycles. The quantitative estimate of drug-likeness (QED) is 0.331. The normalized spacial score (nSPS) is 15.4. The maximum Gasteiger partial charge on any atom is 0.460 e. The Morgan fingerprint density at radius 2 is 1.27 bits per heavy atom. The Morgan fingerprint density at radius 1 is 0.808 bits per heavy atom. The zero-order valence-corrected chi connectivity index (χ0v) is 14.9. The first kappa shape index (κ1) is 25.2. The van der Waals surface area contributed by atoms with Crippen molar-refractivity contribution >= 4 is 9.84 Å². The third-order valence-electron chi connectivity index (χ3n) is 3.24. The molecule has 0 saturated carbocycles. The molecule has 1 N–H and O–H groups in total. The average Bonchev–Trinajstić information content (AvgIpc) is 2.39. The maximum absolute atomic E-state index is 13.4. The lowest BCUT2D eigenvalue weighted by atomic mass is 10.1. The molecule has 158 valence electrons. The molecule has 14 heteroatoms. The fourth-order valence-electron chi connectivity index (χ4n) is 1.69. The smallest absolute Gasteiger partial charge is 0.331 e. The van der Waals surface area contributed by atoms with Gasteiger partial charge in [-0.3, -0.25) is 0 Å². The van der Waals surface area contributed by atoms with Crippen LogP contribution < -0.4 is 5.32 Å². The summed E-state index contributed by atoms with van der Waals surface area (Å²) >= 11 is 0. The summed E-state index contributed by atoms with van der Waals surface area (Å²) in [6.07, 6.45) is -6.61. The van der Waals surface area contributed by atoms with Gasteiger partial charge in [-0.05, 0) is 0 Å². The molecule has 0 atom stereocenters. The fraction of sp³-hybridized carbons (Fsp3) is 1.00. The number of quaternary nitrogens is 1. The fourth-order valence-corrected chi connectivity index (χ4v) is 2.88. The number of rotatable bonds is 10. The molecule has 0 aliphatic carbocycles. The van der Waals surface area contributed by atoms with Gasteiger partial charge in [-0.25, -0.2) is 8.42 Å². The second-order valence-corrected chi connectivity index (χ2v) is 8.75. The van der Waals surface area contributed by atoms with Crippen LogP contribution in [0.15, 0.2) is 0 Å². The number of alkyl halides is 9. The van der Waals surface area contributed by atoms with Gasteiger partial charge < -0.3 is 9.80 Å². The van der Waals surface area contributed by atoms with Crippen LogP contribution in [0.2, 0.25) is 0 Å². The second kappa shape index (κ2) is 7.70. The molecule has 0 bridgehead atoms. The van der Waals surface area contributed by atoms with Gasteiger partial charge in [-0.2, -0.15) is 39.5 Å². The van der Waals surface area contributed by atoms with E-state index in [0.29, 0.717) is 17.4 Å². The third kappa shape index (κ3) is 5.38. The standard InChI is InChI=1S/C12H20F9N2O2S/c1-23(2,3)7-4-5-22-6-8-26(24,25)12(20,21)10(15,16)9(13,14)11(17,18)19/h22H,4-8H2,1-3H3/q+1. The molecule has 0 fully saturated rings. The monoisotopic (exact) mass is 427 g/mol. The summed E-state index contributed by atoms with van der Waals surface area (Å²) < 4.78 is 137. The van der Waals surface area contributed by atoms with Gasteiger partial charge in [0.2, 0.25) is 9.84 Å². The first-order valence-corrected chi connectivity index (χ1v) is 8.79. The van der Waals surface area contributed by atoms with Crippen LogP contribution in [0.3, 0.4) is 0 Å². The van der Waals surface area contributed by atoms with Crippen LogP contribution in [0.5, 0.6) is 0 Å². The Kier molecular flexibility index (Phi) is 7.47. The van der Waals surface area contributed by atoms with Crippen LogP contribution in [0.4, 0.5) is 39.5 Å². The van der Waals surface area contributed by atoms with Crippen molar-refractivity contribution in [2.45, 2.75) is 29.7 Å². The van der Waals surface area contributed by atoms with E-state index in [0.717, 1.165) is 0 Å². The number of hydrogen-bond donors (Lipinski definition) is 1.